The van der Waals surface area contributed by atoms with Crippen LogP contribution in [0.4, 0.5) is 11.4 Å². The number of anilines is 2. The monoisotopic (exact) mass is 429 g/mol. The Hall–Kier alpha value is -3.32. The normalized spacial score (nSPS) is 12.4. The average Bonchev–Trinajstić information content (AvgIpc) is 3.40. The Morgan fingerprint density at radius 2 is 1.84 bits per heavy atom. The molecule has 1 aliphatic carbocycles. The molecular formula is C24H23N5OS. The average molecular weight is 430 g/mol. The van der Waals surface area contributed by atoms with E-state index in [0.29, 0.717) is 12.2 Å². The van der Waals surface area contributed by atoms with Crippen molar-refractivity contribution in [2.45, 2.75) is 31.5 Å². The highest BCUT2D eigenvalue weighted by Crippen LogP contribution is 2.35. The van der Waals surface area contributed by atoms with Crippen molar-refractivity contribution < 1.29 is 4.79 Å². The number of nitrogens with zero attached hydrogens (tertiary/aromatic N) is 3. The molecule has 0 unspecified atom stereocenters. The molecule has 0 bridgehead atoms. The second-order valence-electron chi connectivity index (χ2n) is 7.62. The lowest BCUT2D eigenvalue weighted by molar-refractivity contribution is -0.113. The summed E-state index contributed by atoms with van der Waals surface area (Å²) in [4.78, 5) is 12.7. The maximum atomic E-state index is 12.7. The zero-order chi connectivity index (χ0) is 21.4. The molecule has 7 heteroatoms. The third-order valence-corrected chi connectivity index (χ3v) is 6.65. The van der Waals surface area contributed by atoms with Crippen molar-refractivity contribution in [3.05, 3.63) is 65.7 Å². The van der Waals surface area contributed by atoms with Crippen LogP contribution in [0.2, 0.25) is 0 Å². The predicted molar refractivity (Wildman–Crippen MR) is 126 cm³/mol. The van der Waals surface area contributed by atoms with Gasteiger partial charge in [0, 0.05) is 28.9 Å². The number of carbonyl (C=O) groups is 1. The first kappa shape index (κ1) is 19.6. The van der Waals surface area contributed by atoms with Gasteiger partial charge in [-0.25, -0.2) is 0 Å². The molecule has 3 N–H and O–H groups in total. The van der Waals surface area contributed by atoms with E-state index >= 15 is 0 Å². The van der Waals surface area contributed by atoms with Crippen LogP contribution in [0.3, 0.4) is 0 Å². The van der Waals surface area contributed by atoms with Crippen molar-refractivity contribution in [2.24, 2.45) is 0 Å². The summed E-state index contributed by atoms with van der Waals surface area (Å²) in [6, 6.07) is 18.0. The van der Waals surface area contributed by atoms with E-state index in [1.54, 1.807) is 0 Å². The van der Waals surface area contributed by atoms with Crippen molar-refractivity contribution in [1.82, 2.24) is 14.8 Å². The van der Waals surface area contributed by atoms with Gasteiger partial charge in [-0.15, -0.1) is 10.2 Å². The Kier molecular flexibility index (Phi) is 5.11. The Morgan fingerprint density at radius 3 is 2.61 bits per heavy atom. The minimum absolute atomic E-state index is 0.0524. The van der Waals surface area contributed by atoms with Gasteiger partial charge in [-0.1, -0.05) is 36.0 Å². The number of benzene rings is 3. The summed E-state index contributed by atoms with van der Waals surface area (Å²) in [5.74, 6) is 0.990. The number of carbonyl (C=O) groups excluding carboxylic acids is 1. The van der Waals surface area contributed by atoms with Gasteiger partial charge in [0.1, 0.15) is 0 Å². The van der Waals surface area contributed by atoms with Gasteiger partial charge in [-0.2, -0.15) is 0 Å². The highest BCUT2D eigenvalue weighted by Gasteiger charge is 2.18. The molecule has 1 aromatic heterocycles. The van der Waals surface area contributed by atoms with Gasteiger partial charge in [0.25, 0.3) is 0 Å². The molecular weight excluding hydrogens is 406 g/mol. The van der Waals surface area contributed by atoms with E-state index in [2.05, 4.69) is 39.8 Å². The van der Waals surface area contributed by atoms with Crippen LogP contribution in [-0.2, 0) is 24.2 Å². The molecule has 0 spiro atoms. The zero-order valence-electron chi connectivity index (χ0n) is 17.3. The van der Waals surface area contributed by atoms with Gasteiger partial charge in [0.15, 0.2) is 11.0 Å². The minimum atomic E-state index is -0.0524. The molecule has 31 heavy (non-hydrogen) atoms. The Bertz CT molecular complexity index is 1270. The van der Waals surface area contributed by atoms with Crippen molar-refractivity contribution in [1.29, 1.82) is 0 Å². The maximum Gasteiger partial charge on any atom is 0.234 e. The standard InChI is InChI=1S/C24H23N5OS/c1-2-29-23(17-8-11-18(25)12-9-17)27-28-24(29)31-14-21(30)26-20-13-10-16-7-6-15-4-3-5-19(20)22(15)16/h3-5,8-13H,2,6-7,14,25H2,1H3,(H,26,30). The summed E-state index contributed by atoms with van der Waals surface area (Å²) in [7, 11) is 0. The van der Waals surface area contributed by atoms with Crippen molar-refractivity contribution in [3.63, 3.8) is 0 Å². The van der Waals surface area contributed by atoms with E-state index < -0.39 is 0 Å². The fraction of sp³-hybridized carbons (Fsp3) is 0.208. The molecule has 0 saturated carbocycles. The molecule has 1 heterocycles. The molecule has 1 amide bonds. The van der Waals surface area contributed by atoms with Crippen LogP contribution in [0, 0.1) is 0 Å². The molecule has 0 radical (unpaired) electrons. The summed E-state index contributed by atoms with van der Waals surface area (Å²) >= 11 is 1.39. The quantitative estimate of drug-likeness (QED) is 0.347. The van der Waals surface area contributed by atoms with Gasteiger partial charge in [0.2, 0.25) is 5.91 Å². The predicted octanol–water partition coefficient (Wildman–Crippen LogP) is 4.53. The van der Waals surface area contributed by atoms with Crippen molar-refractivity contribution >= 4 is 39.8 Å². The number of aryl methyl sites for hydroxylation is 2. The molecule has 6 nitrogen and oxygen atoms in total. The summed E-state index contributed by atoms with van der Waals surface area (Å²) in [6.45, 7) is 2.76. The van der Waals surface area contributed by atoms with Gasteiger partial charge in [-0.3, -0.25) is 4.79 Å². The number of amides is 1. The number of nitrogen functional groups attached to an aromatic ring is 1. The smallest absolute Gasteiger partial charge is 0.234 e. The lowest BCUT2D eigenvalue weighted by Crippen LogP contribution is -2.15. The van der Waals surface area contributed by atoms with E-state index in [1.807, 2.05) is 41.8 Å². The SMILES string of the molecule is CCn1c(SCC(=O)Nc2ccc3c4c(cccc24)CC3)nnc1-c1ccc(N)cc1. The first-order valence-corrected chi connectivity index (χ1v) is 11.4. The Balaban J connectivity index is 1.32. The highest BCUT2D eigenvalue weighted by molar-refractivity contribution is 7.99. The molecule has 4 aromatic rings. The topological polar surface area (TPSA) is 85.8 Å². The maximum absolute atomic E-state index is 12.7. The summed E-state index contributed by atoms with van der Waals surface area (Å²) < 4.78 is 2.02. The highest BCUT2D eigenvalue weighted by atomic mass is 32.2. The minimum Gasteiger partial charge on any atom is -0.399 e. The molecule has 1 aliphatic rings. The van der Waals surface area contributed by atoms with Gasteiger partial charge in [-0.05, 0) is 66.6 Å². The van der Waals surface area contributed by atoms with E-state index in [4.69, 9.17) is 5.73 Å². The van der Waals surface area contributed by atoms with Crippen molar-refractivity contribution in [2.75, 3.05) is 16.8 Å². The fourth-order valence-electron chi connectivity index (χ4n) is 4.20. The third kappa shape index (κ3) is 3.65. The first-order valence-electron chi connectivity index (χ1n) is 10.4. The lowest BCUT2D eigenvalue weighted by atomic mass is 10.0. The molecule has 3 aromatic carbocycles. The van der Waals surface area contributed by atoms with Crippen molar-refractivity contribution in [3.8, 4) is 11.4 Å². The number of hydrogen-bond donors (Lipinski definition) is 2. The second-order valence-corrected chi connectivity index (χ2v) is 8.56. The molecule has 0 fully saturated rings. The number of hydrogen-bond acceptors (Lipinski definition) is 5. The number of aromatic nitrogens is 3. The summed E-state index contributed by atoms with van der Waals surface area (Å²) in [6.07, 6.45) is 2.14. The fourth-order valence-corrected chi connectivity index (χ4v) is 5.00. The molecule has 0 atom stereocenters. The molecule has 156 valence electrons. The summed E-state index contributed by atoms with van der Waals surface area (Å²) in [5, 5.41) is 14.9. The zero-order valence-corrected chi connectivity index (χ0v) is 18.1. The molecule has 0 saturated heterocycles. The van der Waals surface area contributed by atoms with Crippen LogP contribution in [-0.4, -0.2) is 26.4 Å². The molecule has 0 aliphatic heterocycles. The van der Waals surface area contributed by atoms with Gasteiger partial charge >= 0.3 is 0 Å². The van der Waals surface area contributed by atoms with Crippen LogP contribution in [0.5, 0.6) is 0 Å². The Morgan fingerprint density at radius 1 is 1.06 bits per heavy atom. The third-order valence-electron chi connectivity index (χ3n) is 5.69. The number of nitrogens with two attached hydrogens (primary N) is 1. The Labute approximate surface area is 184 Å². The van der Waals surface area contributed by atoms with E-state index in [9.17, 15) is 4.79 Å². The van der Waals surface area contributed by atoms with Crippen LogP contribution >= 0.6 is 11.8 Å². The first-order chi connectivity index (χ1) is 15.1. The van der Waals surface area contributed by atoms with Crippen LogP contribution in [0.15, 0.2) is 59.8 Å². The number of thioether (sulfide) groups is 1. The van der Waals surface area contributed by atoms with Crippen LogP contribution in [0.25, 0.3) is 22.2 Å². The summed E-state index contributed by atoms with van der Waals surface area (Å²) in [5.41, 5.74) is 11.0. The van der Waals surface area contributed by atoms with Gasteiger partial charge in [0.05, 0.1) is 5.75 Å². The van der Waals surface area contributed by atoms with Crippen LogP contribution in [0.1, 0.15) is 18.1 Å². The number of rotatable bonds is 6. The lowest BCUT2D eigenvalue weighted by Gasteiger charge is -2.11. The van der Waals surface area contributed by atoms with E-state index in [0.717, 1.165) is 40.5 Å². The molecule has 5 rings (SSSR count). The number of nitrogens with one attached hydrogen (secondary N) is 1. The van der Waals surface area contributed by atoms with E-state index in [-0.39, 0.29) is 11.7 Å². The largest absolute Gasteiger partial charge is 0.399 e. The van der Waals surface area contributed by atoms with Gasteiger partial charge < -0.3 is 15.6 Å². The van der Waals surface area contributed by atoms with E-state index in [1.165, 1.54) is 28.3 Å². The second kappa shape index (κ2) is 8.07. The van der Waals surface area contributed by atoms with Crippen LogP contribution < -0.4 is 11.1 Å².